The van der Waals surface area contributed by atoms with Crippen LogP contribution in [-0.2, 0) is 19.7 Å². The zero-order valence-electron chi connectivity index (χ0n) is 19.0. The summed E-state index contributed by atoms with van der Waals surface area (Å²) >= 11 is 0. The van der Waals surface area contributed by atoms with E-state index in [4.69, 9.17) is 4.74 Å². The number of amides is 1. The number of ether oxygens (including phenoxy) is 1. The first-order valence-electron chi connectivity index (χ1n) is 11.7. The standard InChI is InChI=1S/C28H23N3O4/c1-2-35-26(33)24-23(25(32)18-13-15-29-16-14-18)28(19-8-4-5-9-20(19)30-27(28)34)22-12-11-17-7-3-6-10-21(17)31(22)24/h3-16,22-24H,2H2,1H3,(H,30,34)/t22-,23-,24-,28+/m1/s1. The lowest BCUT2D eigenvalue weighted by Crippen LogP contribution is -2.51. The fraction of sp³-hybridized carbons (Fsp3) is 0.214. The van der Waals surface area contributed by atoms with Crippen molar-refractivity contribution in [3.05, 3.63) is 95.8 Å². The first kappa shape index (κ1) is 21.3. The van der Waals surface area contributed by atoms with Gasteiger partial charge in [-0.1, -0.05) is 48.6 Å². The second-order valence-corrected chi connectivity index (χ2v) is 8.91. The van der Waals surface area contributed by atoms with E-state index in [1.54, 1.807) is 31.5 Å². The van der Waals surface area contributed by atoms with Crippen molar-refractivity contribution in [1.82, 2.24) is 4.98 Å². The smallest absolute Gasteiger partial charge is 0.329 e. The van der Waals surface area contributed by atoms with Crippen LogP contribution in [0.2, 0.25) is 0 Å². The van der Waals surface area contributed by atoms with Gasteiger partial charge in [0.2, 0.25) is 5.91 Å². The number of nitrogens with zero attached hydrogens (tertiary/aromatic N) is 2. The lowest BCUT2D eigenvalue weighted by Gasteiger charge is -2.37. The first-order valence-corrected chi connectivity index (χ1v) is 11.7. The molecule has 3 aromatic rings. The van der Waals surface area contributed by atoms with Crippen LogP contribution in [0.4, 0.5) is 11.4 Å². The van der Waals surface area contributed by atoms with Gasteiger partial charge in [0.1, 0.15) is 11.5 Å². The Balaban J connectivity index is 1.66. The second-order valence-electron chi connectivity index (χ2n) is 8.91. The van der Waals surface area contributed by atoms with Crippen LogP contribution >= 0.6 is 0 Å². The molecular formula is C28H23N3O4. The van der Waals surface area contributed by atoms with Crippen LogP contribution in [0.25, 0.3) is 6.08 Å². The molecule has 0 saturated carbocycles. The lowest BCUT2D eigenvalue weighted by molar-refractivity contribution is -0.145. The largest absolute Gasteiger partial charge is 0.464 e. The highest BCUT2D eigenvalue weighted by Crippen LogP contribution is 2.57. The number of fused-ring (bicyclic) bond motifs is 6. The molecule has 0 unspecified atom stereocenters. The maximum absolute atomic E-state index is 14.3. The Morgan fingerprint density at radius 2 is 1.80 bits per heavy atom. The van der Waals surface area contributed by atoms with Crippen molar-refractivity contribution in [3.8, 4) is 0 Å². The third kappa shape index (κ3) is 2.84. The number of anilines is 2. The maximum atomic E-state index is 14.3. The summed E-state index contributed by atoms with van der Waals surface area (Å²) in [4.78, 5) is 47.9. The van der Waals surface area contributed by atoms with Crippen LogP contribution in [0.15, 0.2) is 79.1 Å². The highest BCUT2D eigenvalue weighted by molar-refractivity contribution is 6.16. The fourth-order valence-electron chi connectivity index (χ4n) is 6.02. The van der Waals surface area contributed by atoms with E-state index in [2.05, 4.69) is 10.3 Å². The monoisotopic (exact) mass is 465 g/mol. The number of rotatable bonds is 4. The number of hydrogen-bond acceptors (Lipinski definition) is 6. The number of nitrogens with one attached hydrogen (secondary N) is 1. The second kappa shape index (κ2) is 7.91. The van der Waals surface area contributed by atoms with Gasteiger partial charge >= 0.3 is 5.97 Å². The molecule has 1 N–H and O–H groups in total. The van der Waals surface area contributed by atoms with E-state index in [1.807, 2.05) is 65.6 Å². The summed E-state index contributed by atoms with van der Waals surface area (Å²) in [5.74, 6) is -2.13. The predicted octanol–water partition coefficient (Wildman–Crippen LogP) is 3.62. The van der Waals surface area contributed by atoms with Gasteiger partial charge in [-0.3, -0.25) is 14.6 Å². The van der Waals surface area contributed by atoms with Crippen LogP contribution in [0.1, 0.15) is 28.4 Å². The summed E-state index contributed by atoms with van der Waals surface area (Å²) in [5, 5.41) is 3.00. The molecular weight excluding hydrogens is 442 g/mol. The Bertz CT molecular complexity index is 1390. The maximum Gasteiger partial charge on any atom is 0.329 e. The van der Waals surface area contributed by atoms with Gasteiger partial charge in [0.25, 0.3) is 0 Å². The number of carbonyl (C=O) groups is 3. The number of esters is 1. The van der Waals surface area contributed by atoms with Gasteiger partial charge in [-0.2, -0.15) is 0 Å². The van der Waals surface area contributed by atoms with Crippen molar-refractivity contribution >= 4 is 35.1 Å². The third-order valence-corrected chi connectivity index (χ3v) is 7.32. The van der Waals surface area contributed by atoms with Crippen LogP contribution in [0.3, 0.4) is 0 Å². The lowest BCUT2D eigenvalue weighted by atomic mass is 9.64. The number of para-hydroxylation sites is 2. The van der Waals surface area contributed by atoms with Crippen LogP contribution < -0.4 is 10.2 Å². The Morgan fingerprint density at radius 1 is 1.06 bits per heavy atom. The molecule has 174 valence electrons. The average molecular weight is 466 g/mol. The van der Waals surface area contributed by atoms with Gasteiger partial charge in [0.05, 0.1) is 18.6 Å². The van der Waals surface area contributed by atoms with E-state index in [0.29, 0.717) is 16.8 Å². The summed E-state index contributed by atoms with van der Waals surface area (Å²) in [6.45, 7) is 1.90. The van der Waals surface area contributed by atoms with Gasteiger partial charge in [0, 0.05) is 29.3 Å². The fourth-order valence-corrected chi connectivity index (χ4v) is 6.02. The summed E-state index contributed by atoms with van der Waals surface area (Å²) in [7, 11) is 0. The van der Waals surface area contributed by atoms with Crippen molar-refractivity contribution in [2.45, 2.75) is 24.4 Å². The average Bonchev–Trinajstić information content (AvgIpc) is 3.37. The highest BCUT2D eigenvalue weighted by Gasteiger charge is 2.70. The molecule has 3 aliphatic heterocycles. The normalized spacial score (nSPS) is 25.6. The van der Waals surface area contributed by atoms with Crippen molar-refractivity contribution in [1.29, 1.82) is 0 Å². The number of benzene rings is 2. The van der Waals surface area contributed by atoms with Gasteiger partial charge in [-0.05, 0) is 42.3 Å². The molecule has 35 heavy (non-hydrogen) atoms. The van der Waals surface area contributed by atoms with Crippen LogP contribution in [0.5, 0.6) is 0 Å². The summed E-state index contributed by atoms with van der Waals surface area (Å²) in [5.41, 5.74) is 2.15. The van der Waals surface area contributed by atoms with E-state index in [9.17, 15) is 14.4 Å². The molecule has 6 rings (SSSR count). The molecule has 1 saturated heterocycles. The molecule has 1 aromatic heterocycles. The number of pyridine rings is 1. The van der Waals surface area contributed by atoms with E-state index in [0.717, 1.165) is 11.3 Å². The Hall–Kier alpha value is -4.26. The number of Topliss-reactive ketones (excluding diaryl/α,β-unsaturated/α-hetero) is 1. The number of carbonyl (C=O) groups excluding carboxylic acids is 3. The zero-order valence-corrected chi connectivity index (χ0v) is 19.0. The van der Waals surface area contributed by atoms with Crippen molar-refractivity contribution < 1.29 is 19.1 Å². The first-order chi connectivity index (χ1) is 17.1. The SMILES string of the molecule is CCOC(=O)[C@H]1[C@H](C(=O)c2ccncc2)[C@@]2(C(=O)Nc3ccccc32)[C@H]2C=Cc3ccccc3N12. The van der Waals surface area contributed by atoms with Crippen molar-refractivity contribution in [3.63, 3.8) is 0 Å². The molecule has 7 nitrogen and oxygen atoms in total. The van der Waals surface area contributed by atoms with Gasteiger partial charge in [0.15, 0.2) is 5.78 Å². The molecule has 1 fully saturated rings. The summed E-state index contributed by atoms with van der Waals surface area (Å²) in [6, 6.07) is 16.8. The van der Waals surface area contributed by atoms with Crippen LogP contribution in [-0.4, -0.2) is 41.3 Å². The quantitative estimate of drug-likeness (QED) is 0.468. The van der Waals surface area contributed by atoms with E-state index in [1.165, 1.54) is 0 Å². The van der Waals surface area contributed by atoms with Gasteiger partial charge in [-0.25, -0.2) is 4.79 Å². The van der Waals surface area contributed by atoms with E-state index in [-0.39, 0.29) is 18.3 Å². The van der Waals surface area contributed by atoms with Gasteiger partial charge < -0.3 is 15.0 Å². The molecule has 1 spiro atoms. The summed E-state index contributed by atoms with van der Waals surface area (Å²) < 4.78 is 5.53. The van der Waals surface area contributed by atoms with Crippen molar-refractivity contribution in [2.75, 3.05) is 16.8 Å². The number of hydrogen-bond donors (Lipinski definition) is 1. The molecule has 4 atom stereocenters. The van der Waals surface area contributed by atoms with Crippen LogP contribution in [0, 0.1) is 5.92 Å². The molecule has 3 aliphatic rings. The molecule has 0 radical (unpaired) electrons. The Morgan fingerprint density at radius 3 is 2.60 bits per heavy atom. The Kier molecular flexibility index (Phi) is 4.81. The summed E-state index contributed by atoms with van der Waals surface area (Å²) in [6.07, 6.45) is 6.99. The zero-order chi connectivity index (χ0) is 24.2. The number of ketones is 1. The minimum atomic E-state index is -1.32. The minimum absolute atomic E-state index is 0.164. The minimum Gasteiger partial charge on any atom is -0.464 e. The highest BCUT2D eigenvalue weighted by atomic mass is 16.5. The molecule has 0 aliphatic carbocycles. The molecule has 2 aromatic carbocycles. The number of aromatic nitrogens is 1. The molecule has 0 bridgehead atoms. The predicted molar refractivity (Wildman–Crippen MR) is 131 cm³/mol. The molecule has 4 heterocycles. The Labute approximate surface area is 202 Å². The van der Waals surface area contributed by atoms with Crippen molar-refractivity contribution in [2.24, 2.45) is 5.92 Å². The van der Waals surface area contributed by atoms with E-state index < -0.39 is 29.4 Å². The molecule has 1 amide bonds. The third-order valence-electron chi connectivity index (χ3n) is 7.32. The van der Waals surface area contributed by atoms with Gasteiger partial charge in [-0.15, -0.1) is 0 Å². The topological polar surface area (TPSA) is 88.6 Å². The molecule has 7 heteroatoms. The van der Waals surface area contributed by atoms with E-state index >= 15 is 0 Å².